The van der Waals surface area contributed by atoms with E-state index in [0.29, 0.717) is 12.6 Å². The molecule has 1 nitrogen and oxygen atoms in total. The van der Waals surface area contributed by atoms with Gasteiger partial charge in [-0.25, -0.2) is 0 Å². The van der Waals surface area contributed by atoms with E-state index in [0.717, 1.165) is 12.8 Å². The van der Waals surface area contributed by atoms with Crippen molar-refractivity contribution in [1.29, 1.82) is 0 Å². The minimum atomic E-state index is -3.98. The summed E-state index contributed by atoms with van der Waals surface area (Å²) in [7, 11) is 0. The van der Waals surface area contributed by atoms with Crippen LogP contribution in [0.15, 0.2) is 0 Å². The molecule has 11 heavy (non-hydrogen) atoms. The average Bonchev–Trinajstić information content (AvgIpc) is 2.60. The van der Waals surface area contributed by atoms with Gasteiger partial charge in [0, 0.05) is 12.5 Å². The summed E-state index contributed by atoms with van der Waals surface area (Å²) in [6.07, 6.45) is -2.17. The third kappa shape index (κ3) is 5.07. The van der Waals surface area contributed by atoms with Crippen molar-refractivity contribution in [3.05, 3.63) is 0 Å². The lowest BCUT2D eigenvalue weighted by atomic mass is 10.3. The van der Waals surface area contributed by atoms with Gasteiger partial charge in [0.05, 0.1) is 0 Å². The van der Waals surface area contributed by atoms with Crippen LogP contribution >= 0.6 is 0 Å². The van der Waals surface area contributed by atoms with Gasteiger partial charge in [-0.2, -0.15) is 13.2 Å². The summed E-state index contributed by atoms with van der Waals surface area (Å²) in [6, 6.07) is 0.517. The quantitative estimate of drug-likeness (QED) is 0.632. The molecule has 0 amide bonds. The number of hydrogen-bond donors (Lipinski definition) is 1. The van der Waals surface area contributed by atoms with Crippen molar-refractivity contribution in [1.82, 2.24) is 5.32 Å². The van der Waals surface area contributed by atoms with E-state index in [-0.39, 0.29) is 6.42 Å². The van der Waals surface area contributed by atoms with Gasteiger partial charge in [0.1, 0.15) is 0 Å². The molecule has 0 atom stereocenters. The number of alkyl halides is 3. The Morgan fingerprint density at radius 2 is 1.91 bits per heavy atom. The first-order valence-electron chi connectivity index (χ1n) is 3.88. The van der Waals surface area contributed by atoms with Gasteiger partial charge in [0.2, 0.25) is 0 Å². The summed E-state index contributed by atoms with van der Waals surface area (Å²) in [5.74, 6) is 0. The van der Waals surface area contributed by atoms with Crippen LogP contribution in [0.5, 0.6) is 0 Å². The maximum absolute atomic E-state index is 11.6. The highest BCUT2D eigenvalue weighted by molar-refractivity contribution is 4.80. The maximum Gasteiger partial charge on any atom is 0.389 e. The van der Waals surface area contributed by atoms with Crippen molar-refractivity contribution in [2.75, 3.05) is 6.54 Å². The summed E-state index contributed by atoms with van der Waals surface area (Å²) >= 11 is 0. The second-order valence-corrected chi connectivity index (χ2v) is 2.95. The smallest absolute Gasteiger partial charge is 0.314 e. The zero-order chi connectivity index (χ0) is 8.32. The largest absolute Gasteiger partial charge is 0.389 e. The summed E-state index contributed by atoms with van der Waals surface area (Å²) in [4.78, 5) is 0. The highest BCUT2D eigenvalue weighted by Crippen LogP contribution is 2.22. The van der Waals surface area contributed by atoms with Crippen molar-refractivity contribution >= 4 is 0 Å². The molecular weight excluding hydrogens is 155 g/mol. The molecule has 1 fully saturated rings. The molecule has 1 rings (SSSR count). The van der Waals surface area contributed by atoms with Crippen molar-refractivity contribution in [2.45, 2.75) is 37.9 Å². The lowest BCUT2D eigenvalue weighted by molar-refractivity contribution is -0.135. The molecule has 66 valence electrons. The molecule has 1 saturated carbocycles. The molecule has 0 unspecified atom stereocenters. The Kier molecular flexibility index (Phi) is 2.76. The van der Waals surface area contributed by atoms with Crippen LogP contribution in [-0.4, -0.2) is 18.8 Å². The van der Waals surface area contributed by atoms with Gasteiger partial charge in [-0.1, -0.05) is 0 Å². The fraction of sp³-hybridized carbons (Fsp3) is 1.00. The average molecular weight is 167 g/mol. The second kappa shape index (κ2) is 3.43. The molecular formula is C7H12F3N. The maximum atomic E-state index is 11.6. The van der Waals surface area contributed by atoms with Gasteiger partial charge >= 0.3 is 6.18 Å². The molecule has 0 heterocycles. The Labute approximate surface area is 64.0 Å². The molecule has 0 aromatic heterocycles. The normalized spacial score (nSPS) is 18.8. The summed E-state index contributed by atoms with van der Waals surface area (Å²) in [5.41, 5.74) is 0. The Hall–Kier alpha value is -0.250. The molecule has 0 aliphatic heterocycles. The van der Waals surface area contributed by atoms with E-state index in [1.54, 1.807) is 0 Å². The van der Waals surface area contributed by atoms with Crippen LogP contribution in [0.25, 0.3) is 0 Å². The van der Waals surface area contributed by atoms with Crippen LogP contribution in [0.1, 0.15) is 25.7 Å². The lowest BCUT2D eigenvalue weighted by Crippen LogP contribution is -2.19. The predicted molar refractivity (Wildman–Crippen MR) is 36.3 cm³/mol. The topological polar surface area (TPSA) is 12.0 Å². The van der Waals surface area contributed by atoms with Crippen LogP contribution < -0.4 is 5.32 Å². The Morgan fingerprint density at radius 3 is 2.36 bits per heavy atom. The van der Waals surface area contributed by atoms with E-state index >= 15 is 0 Å². The zero-order valence-electron chi connectivity index (χ0n) is 6.25. The summed E-state index contributed by atoms with van der Waals surface area (Å²) in [6.45, 7) is 0.504. The van der Waals surface area contributed by atoms with Gasteiger partial charge in [-0.05, 0) is 25.8 Å². The van der Waals surface area contributed by atoms with Crippen molar-refractivity contribution < 1.29 is 13.2 Å². The molecule has 1 N–H and O–H groups in total. The Bertz CT molecular complexity index is 117. The number of halogens is 3. The van der Waals surface area contributed by atoms with Crippen molar-refractivity contribution in [2.24, 2.45) is 0 Å². The van der Waals surface area contributed by atoms with Gasteiger partial charge in [0.15, 0.2) is 0 Å². The molecule has 0 bridgehead atoms. The molecule has 0 aromatic carbocycles. The molecule has 1 aliphatic carbocycles. The van der Waals surface area contributed by atoms with Gasteiger partial charge < -0.3 is 5.32 Å². The highest BCUT2D eigenvalue weighted by Gasteiger charge is 2.26. The van der Waals surface area contributed by atoms with E-state index in [2.05, 4.69) is 5.32 Å². The molecule has 0 aromatic rings. The van der Waals surface area contributed by atoms with Crippen LogP contribution in [0.2, 0.25) is 0 Å². The van der Waals surface area contributed by atoms with Crippen molar-refractivity contribution in [3.8, 4) is 0 Å². The molecule has 4 heteroatoms. The van der Waals surface area contributed by atoms with Gasteiger partial charge in [-0.15, -0.1) is 0 Å². The first kappa shape index (κ1) is 8.84. The Morgan fingerprint density at radius 1 is 1.27 bits per heavy atom. The highest BCUT2D eigenvalue weighted by atomic mass is 19.4. The fourth-order valence-electron chi connectivity index (χ4n) is 0.882. The van der Waals surface area contributed by atoms with Crippen LogP contribution in [-0.2, 0) is 0 Å². The minimum absolute atomic E-state index is 0.208. The van der Waals surface area contributed by atoms with E-state index in [1.807, 2.05) is 0 Å². The van der Waals surface area contributed by atoms with Crippen molar-refractivity contribution in [3.63, 3.8) is 0 Å². The van der Waals surface area contributed by atoms with E-state index in [9.17, 15) is 13.2 Å². The molecule has 0 saturated heterocycles. The van der Waals surface area contributed by atoms with Gasteiger partial charge in [0.25, 0.3) is 0 Å². The van der Waals surface area contributed by atoms with Gasteiger partial charge in [-0.3, -0.25) is 0 Å². The number of rotatable bonds is 4. The first-order chi connectivity index (χ1) is 5.08. The third-order valence-corrected chi connectivity index (χ3v) is 1.65. The molecule has 0 spiro atoms. The zero-order valence-corrected chi connectivity index (χ0v) is 6.25. The fourth-order valence-corrected chi connectivity index (χ4v) is 0.882. The first-order valence-corrected chi connectivity index (χ1v) is 3.88. The van der Waals surface area contributed by atoms with Crippen LogP contribution in [0, 0.1) is 0 Å². The van der Waals surface area contributed by atoms with E-state index < -0.39 is 12.6 Å². The SMILES string of the molecule is FC(F)(F)CCCNC1CC1. The summed E-state index contributed by atoms with van der Waals surface area (Å²) < 4.78 is 34.7. The molecule has 0 radical (unpaired) electrons. The minimum Gasteiger partial charge on any atom is -0.314 e. The monoisotopic (exact) mass is 167 g/mol. The second-order valence-electron chi connectivity index (χ2n) is 2.95. The van der Waals surface area contributed by atoms with Crippen LogP contribution in [0.3, 0.4) is 0 Å². The number of hydrogen-bond acceptors (Lipinski definition) is 1. The molecule has 1 aliphatic rings. The summed E-state index contributed by atoms with van der Waals surface area (Å²) in [5, 5.41) is 3.03. The number of nitrogens with one attached hydrogen (secondary N) is 1. The predicted octanol–water partition coefficient (Wildman–Crippen LogP) is 2.08. The van der Waals surface area contributed by atoms with E-state index in [4.69, 9.17) is 0 Å². The standard InChI is InChI=1S/C7H12F3N/c8-7(9,10)4-1-5-11-6-2-3-6/h6,11H,1-5H2. The Balaban J connectivity index is 1.87. The lowest BCUT2D eigenvalue weighted by Gasteiger charge is -2.05. The van der Waals surface area contributed by atoms with E-state index in [1.165, 1.54) is 0 Å². The van der Waals surface area contributed by atoms with Crippen LogP contribution in [0.4, 0.5) is 13.2 Å². The third-order valence-electron chi connectivity index (χ3n) is 1.65.